The highest BCUT2D eigenvalue weighted by Crippen LogP contribution is 2.29. The number of cyclic esters (lactones) is 1. The van der Waals surface area contributed by atoms with Crippen LogP contribution in [0.4, 0.5) is 0 Å². The Labute approximate surface area is 103 Å². The van der Waals surface area contributed by atoms with E-state index in [0.29, 0.717) is 12.2 Å². The topological polar surface area (TPSA) is 39.2 Å². The summed E-state index contributed by atoms with van der Waals surface area (Å²) in [5.41, 5.74) is 3.19. The summed E-state index contributed by atoms with van der Waals surface area (Å²) in [5, 5.41) is 2.06. The minimum Gasteiger partial charge on any atom is -0.457 e. The van der Waals surface area contributed by atoms with Crippen LogP contribution in [0.25, 0.3) is 21.8 Å². The molecule has 0 fully saturated rings. The summed E-state index contributed by atoms with van der Waals surface area (Å²) in [5.74, 6) is -0.265. The molecule has 0 spiro atoms. The van der Waals surface area contributed by atoms with Crippen molar-refractivity contribution in [3.05, 3.63) is 53.6 Å². The van der Waals surface area contributed by atoms with Crippen molar-refractivity contribution in [1.29, 1.82) is 0 Å². The fraction of sp³-hybridized carbons (Fsp3) is 0.0667. The van der Waals surface area contributed by atoms with Gasteiger partial charge in [-0.15, -0.1) is 0 Å². The van der Waals surface area contributed by atoms with Crippen molar-refractivity contribution in [2.45, 2.75) is 6.61 Å². The average molecular weight is 235 g/mol. The lowest BCUT2D eigenvalue weighted by atomic mass is 10.0. The molecular formula is C15H9NO2. The molecule has 0 radical (unpaired) electrons. The number of para-hydroxylation sites is 1. The first-order chi connectivity index (χ1) is 8.83. The van der Waals surface area contributed by atoms with Crippen molar-refractivity contribution < 1.29 is 9.53 Å². The van der Waals surface area contributed by atoms with Gasteiger partial charge < -0.3 is 4.74 Å². The Morgan fingerprint density at radius 2 is 1.94 bits per heavy atom. The molecule has 1 aliphatic heterocycles. The molecule has 0 saturated carbocycles. The van der Waals surface area contributed by atoms with E-state index in [1.807, 2.05) is 36.4 Å². The van der Waals surface area contributed by atoms with Crippen molar-refractivity contribution in [3.8, 4) is 0 Å². The summed E-state index contributed by atoms with van der Waals surface area (Å²) >= 11 is 0. The predicted octanol–water partition coefficient (Wildman–Crippen LogP) is 3.06. The lowest BCUT2D eigenvalue weighted by Crippen LogP contribution is -1.97. The van der Waals surface area contributed by atoms with E-state index >= 15 is 0 Å². The SMILES string of the molecule is O=C1OCc2ccc3cc4ccccc4nc3c21. The monoisotopic (exact) mass is 235 g/mol. The van der Waals surface area contributed by atoms with E-state index in [2.05, 4.69) is 11.1 Å². The number of ether oxygens (including phenoxy) is 1. The van der Waals surface area contributed by atoms with Gasteiger partial charge >= 0.3 is 5.97 Å². The van der Waals surface area contributed by atoms with E-state index in [1.54, 1.807) is 0 Å². The third-order valence-corrected chi connectivity index (χ3v) is 3.34. The van der Waals surface area contributed by atoms with Crippen LogP contribution < -0.4 is 0 Å². The van der Waals surface area contributed by atoms with Gasteiger partial charge in [0.2, 0.25) is 0 Å². The molecule has 4 rings (SSSR count). The van der Waals surface area contributed by atoms with Crippen LogP contribution in [0.1, 0.15) is 15.9 Å². The van der Waals surface area contributed by atoms with Gasteiger partial charge in [0.05, 0.1) is 16.6 Å². The summed E-state index contributed by atoms with van der Waals surface area (Å²) in [6.07, 6.45) is 0. The quantitative estimate of drug-likeness (QED) is 0.444. The number of hydrogen-bond donors (Lipinski definition) is 0. The van der Waals surface area contributed by atoms with Gasteiger partial charge in [-0.25, -0.2) is 9.78 Å². The van der Waals surface area contributed by atoms with Crippen LogP contribution in [0, 0.1) is 0 Å². The Hall–Kier alpha value is -2.42. The number of hydrogen-bond acceptors (Lipinski definition) is 3. The number of nitrogens with zero attached hydrogens (tertiary/aromatic N) is 1. The summed E-state index contributed by atoms with van der Waals surface area (Å²) in [6.45, 7) is 0.360. The second-order valence-corrected chi connectivity index (χ2v) is 4.43. The first kappa shape index (κ1) is 9.59. The minimum absolute atomic E-state index is 0.265. The van der Waals surface area contributed by atoms with Crippen molar-refractivity contribution in [1.82, 2.24) is 4.98 Å². The number of fused-ring (bicyclic) bond motifs is 4. The molecule has 1 aliphatic rings. The fourth-order valence-corrected chi connectivity index (χ4v) is 2.45. The van der Waals surface area contributed by atoms with E-state index < -0.39 is 0 Å². The number of esters is 1. The average Bonchev–Trinajstić information content (AvgIpc) is 2.78. The zero-order valence-corrected chi connectivity index (χ0v) is 9.51. The zero-order valence-electron chi connectivity index (χ0n) is 9.51. The van der Waals surface area contributed by atoms with Gasteiger partial charge in [0.25, 0.3) is 0 Å². The van der Waals surface area contributed by atoms with E-state index in [4.69, 9.17) is 4.74 Å². The Morgan fingerprint density at radius 3 is 2.89 bits per heavy atom. The molecule has 2 heterocycles. The second kappa shape index (κ2) is 3.29. The molecule has 0 atom stereocenters. The number of rotatable bonds is 0. The summed E-state index contributed by atoms with van der Waals surface area (Å²) in [4.78, 5) is 16.4. The number of aromatic nitrogens is 1. The highest BCUT2D eigenvalue weighted by atomic mass is 16.5. The van der Waals surface area contributed by atoms with Crippen LogP contribution >= 0.6 is 0 Å². The number of benzene rings is 2. The van der Waals surface area contributed by atoms with Crippen LogP contribution in [0.3, 0.4) is 0 Å². The minimum atomic E-state index is -0.265. The highest BCUT2D eigenvalue weighted by Gasteiger charge is 2.24. The summed E-state index contributed by atoms with van der Waals surface area (Å²) < 4.78 is 5.06. The molecule has 0 amide bonds. The Kier molecular flexibility index (Phi) is 1.75. The van der Waals surface area contributed by atoms with Gasteiger partial charge in [-0.3, -0.25) is 0 Å². The van der Waals surface area contributed by atoms with Crippen LogP contribution in [-0.4, -0.2) is 11.0 Å². The maximum atomic E-state index is 11.8. The van der Waals surface area contributed by atoms with Crippen LogP contribution in [0.2, 0.25) is 0 Å². The standard InChI is InChI=1S/C15H9NO2/c17-15-13-11(8-18-15)6-5-10-7-9-3-1-2-4-12(9)16-14(10)13/h1-7H,8H2. The van der Waals surface area contributed by atoms with Crippen molar-refractivity contribution in [2.75, 3.05) is 0 Å². The molecule has 0 aliphatic carbocycles. The van der Waals surface area contributed by atoms with Crippen molar-refractivity contribution in [3.63, 3.8) is 0 Å². The van der Waals surface area contributed by atoms with Crippen molar-refractivity contribution in [2.24, 2.45) is 0 Å². The molecule has 3 nitrogen and oxygen atoms in total. The number of carbonyl (C=O) groups is 1. The molecular weight excluding hydrogens is 226 g/mol. The molecule has 3 heteroatoms. The number of pyridine rings is 1. The third-order valence-electron chi connectivity index (χ3n) is 3.34. The third kappa shape index (κ3) is 1.19. The van der Waals surface area contributed by atoms with Crippen LogP contribution in [0.15, 0.2) is 42.5 Å². The van der Waals surface area contributed by atoms with E-state index in [-0.39, 0.29) is 5.97 Å². The molecule has 0 unspecified atom stereocenters. The van der Waals surface area contributed by atoms with Gasteiger partial charge in [0.15, 0.2) is 0 Å². The van der Waals surface area contributed by atoms with Gasteiger partial charge in [-0.1, -0.05) is 30.3 Å². The maximum absolute atomic E-state index is 11.8. The molecule has 0 bridgehead atoms. The Balaban J connectivity index is 2.19. The maximum Gasteiger partial charge on any atom is 0.341 e. The molecule has 0 N–H and O–H groups in total. The van der Waals surface area contributed by atoms with Gasteiger partial charge in [0.1, 0.15) is 6.61 Å². The van der Waals surface area contributed by atoms with Gasteiger partial charge in [-0.2, -0.15) is 0 Å². The van der Waals surface area contributed by atoms with Gasteiger partial charge in [0, 0.05) is 16.3 Å². The molecule has 3 aromatic rings. The molecule has 1 aromatic heterocycles. The highest BCUT2D eigenvalue weighted by molar-refractivity contribution is 6.08. The van der Waals surface area contributed by atoms with Crippen LogP contribution in [-0.2, 0) is 11.3 Å². The van der Waals surface area contributed by atoms with Gasteiger partial charge in [-0.05, 0) is 12.1 Å². The van der Waals surface area contributed by atoms with Crippen LogP contribution in [0.5, 0.6) is 0 Å². The predicted molar refractivity (Wildman–Crippen MR) is 68.4 cm³/mol. The van der Waals surface area contributed by atoms with E-state index in [0.717, 1.165) is 27.4 Å². The lowest BCUT2D eigenvalue weighted by Gasteiger charge is -2.04. The molecule has 2 aromatic carbocycles. The largest absolute Gasteiger partial charge is 0.457 e. The smallest absolute Gasteiger partial charge is 0.341 e. The summed E-state index contributed by atoms with van der Waals surface area (Å²) in [7, 11) is 0. The van der Waals surface area contributed by atoms with E-state index in [1.165, 1.54) is 0 Å². The normalized spacial score (nSPS) is 13.9. The first-order valence-corrected chi connectivity index (χ1v) is 5.81. The molecule has 18 heavy (non-hydrogen) atoms. The van der Waals surface area contributed by atoms with E-state index in [9.17, 15) is 4.79 Å². The first-order valence-electron chi connectivity index (χ1n) is 5.81. The number of carbonyl (C=O) groups excluding carboxylic acids is 1. The van der Waals surface area contributed by atoms with Crippen molar-refractivity contribution >= 4 is 27.8 Å². The molecule has 0 saturated heterocycles. The second-order valence-electron chi connectivity index (χ2n) is 4.43. The Bertz CT molecular complexity index is 808. The fourth-order valence-electron chi connectivity index (χ4n) is 2.45. The summed E-state index contributed by atoms with van der Waals surface area (Å²) in [6, 6.07) is 13.9. The lowest BCUT2D eigenvalue weighted by molar-refractivity contribution is 0.0536. The molecule has 86 valence electrons. The zero-order chi connectivity index (χ0) is 12.1. The Morgan fingerprint density at radius 1 is 1.06 bits per heavy atom.